The molecule has 1 heterocycles. The number of ether oxygens (including phenoxy) is 1. The fourth-order valence-corrected chi connectivity index (χ4v) is 4.02. The van der Waals surface area contributed by atoms with Crippen LogP contribution >= 0.6 is 0 Å². The minimum absolute atomic E-state index is 0.104. The largest absolute Gasteiger partial charge is 0.496 e. The average molecular weight is 409 g/mol. The topological polar surface area (TPSA) is 58.6 Å². The van der Waals surface area contributed by atoms with Gasteiger partial charge in [-0.25, -0.2) is 0 Å². The van der Waals surface area contributed by atoms with Crippen LogP contribution < -0.4 is 10.1 Å². The minimum Gasteiger partial charge on any atom is -0.496 e. The molecule has 1 aliphatic heterocycles. The maximum absolute atomic E-state index is 12.8. The Labute approximate surface area is 179 Å². The van der Waals surface area contributed by atoms with E-state index in [9.17, 15) is 9.59 Å². The SMILES string of the molecule is COc1cc(C)c(C(C)NC(=O)c2ccc(CN3CCCC3=O)cc2)cc1C(C)C. The second-order valence-electron chi connectivity index (χ2n) is 8.42. The molecular weight excluding hydrogens is 376 g/mol. The van der Waals surface area contributed by atoms with E-state index in [0.717, 1.165) is 41.0 Å². The Kier molecular flexibility index (Phi) is 6.80. The summed E-state index contributed by atoms with van der Waals surface area (Å²) in [6.45, 7) is 9.75. The van der Waals surface area contributed by atoms with Crippen molar-refractivity contribution in [2.75, 3.05) is 13.7 Å². The Hall–Kier alpha value is -2.82. The molecule has 0 saturated carbocycles. The summed E-state index contributed by atoms with van der Waals surface area (Å²) in [5.74, 6) is 1.32. The van der Waals surface area contributed by atoms with E-state index in [1.807, 2.05) is 49.1 Å². The molecule has 0 spiro atoms. The van der Waals surface area contributed by atoms with Gasteiger partial charge >= 0.3 is 0 Å². The number of rotatable bonds is 7. The first-order valence-electron chi connectivity index (χ1n) is 10.7. The van der Waals surface area contributed by atoms with Crippen LogP contribution in [0.2, 0.25) is 0 Å². The van der Waals surface area contributed by atoms with Crippen molar-refractivity contribution in [3.05, 3.63) is 64.2 Å². The van der Waals surface area contributed by atoms with Gasteiger partial charge in [0.2, 0.25) is 5.91 Å². The van der Waals surface area contributed by atoms with E-state index < -0.39 is 0 Å². The summed E-state index contributed by atoms with van der Waals surface area (Å²) in [6.07, 6.45) is 1.57. The Balaban J connectivity index is 1.69. The lowest BCUT2D eigenvalue weighted by atomic mass is 9.93. The van der Waals surface area contributed by atoms with Crippen molar-refractivity contribution in [1.82, 2.24) is 10.2 Å². The number of hydrogen-bond acceptors (Lipinski definition) is 3. The molecule has 2 aromatic carbocycles. The number of methoxy groups -OCH3 is 1. The second-order valence-corrected chi connectivity index (χ2v) is 8.42. The number of benzene rings is 2. The summed E-state index contributed by atoms with van der Waals surface area (Å²) in [5, 5.41) is 3.11. The van der Waals surface area contributed by atoms with E-state index in [2.05, 4.69) is 25.2 Å². The molecule has 1 N–H and O–H groups in total. The molecule has 0 aromatic heterocycles. The Morgan fingerprint density at radius 2 is 1.83 bits per heavy atom. The molecule has 30 heavy (non-hydrogen) atoms. The summed E-state index contributed by atoms with van der Waals surface area (Å²) in [7, 11) is 1.69. The fourth-order valence-electron chi connectivity index (χ4n) is 4.02. The molecule has 5 heteroatoms. The van der Waals surface area contributed by atoms with E-state index in [4.69, 9.17) is 4.74 Å². The third-order valence-electron chi connectivity index (χ3n) is 5.82. The Morgan fingerprint density at radius 3 is 2.40 bits per heavy atom. The van der Waals surface area contributed by atoms with E-state index in [1.165, 1.54) is 0 Å². The van der Waals surface area contributed by atoms with Crippen LogP contribution in [0.4, 0.5) is 0 Å². The summed E-state index contributed by atoms with van der Waals surface area (Å²) in [6, 6.07) is 11.6. The third-order valence-corrected chi connectivity index (χ3v) is 5.82. The van der Waals surface area contributed by atoms with E-state index in [0.29, 0.717) is 24.4 Å². The zero-order chi connectivity index (χ0) is 21.8. The molecule has 160 valence electrons. The lowest BCUT2D eigenvalue weighted by molar-refractivity contribution is -0.128. The van der Waals surface area contributed by atoms with Crippen LogP contribution in [0.25, 0.3) is 0 Å². The van der Waals surface area contributed by atoms with Crippen LogP contribution in [0.3, 0.4) is 0 Å². The standard InChI is InChI=1S/C25H32N2O3/c1-16(2)21-14-22(17(3)13-23(21)30-5)18(4)26-25(29)20-10-8-19(9-11-20)15-27-12-6-7-24(27)28/h8-11,13-14,16,18H,6-7,12,15H2,1-5H3,(H,26,29). The highest BCUT2D eigenvalue weighted by Gasteiger charge is 2.20. The molecular formula is C25H32N2O3. The highest BCUT2D eigenvalue weighted by Crippen LogP contribution is 2.32. The van der Waals surface area contributed by atoms with Crippen LogP contribution in [0.5, 0.6) is 5.75 Å². The molecule has 5 nitrogen and oxygen atoms in total. The van der Waals surface area contributed by atoms with Crippen molar-refractivity contribution >= 4 is 11.8 Å². The molecule has 1 saturated heterocycles. The van der Waals surface area contributed by atoms with Crippen LogP contribution in [0, 0.1) is 6.92 Å². The van der Waals surface area contributed by atoms with Gasteiger partial charge in [0.25, 0.3) is 5.91 Å². The van der Waals surface area contributed by atoms with E-state index in [1.54, 1.807) is 7.11 Å². The van der Waals surface area contributed by atoms with Crippen LogP contribution in [-0.4, -0.2) is 30.4 Å². The molecule has 1 aliphatic rings. The van der Waals surface area contributed by atoms with Gasteiger partial charge < -0.3 is 15.0 Å². The van der Waals surface area contributed by atoms with Crippen molar-refractivity contribution in [3.8, 4) is 5.75 Å². The van der Waals surface area contributed by atoms with Crippen molar-refractivity contribution < 1.29 is 14.3 Å². The molecule has 0 radical (unpaired) electrons. The highest BCUT2D eigenvalue weighted by molar-refractivity contribution is 5.94. The van der Waals surface area contributed by atoms with Gasteiger partial charge in [-0.15, -0.1) is 0 Å². The molecule has 1 atom stereocenters. The summed E-state index contributed by atoms with van der Waals surface area (Å²) in [5.41, 5.74) is 4.99. The Bertz CT molecular complexity index is 919. The number of hydrogen-bond donors (Lipinski definition) is 1. The van der Waals surface area contributed by atoms with Gasteiger partial charge in [-0.2, -0.15) is 0 Å². The number of nitrogens with one attached hydrogen (secondary N) is 1. The van der Waals surface area contributed by atoms with Crippen molar-refractivity contribution in [2.24, 2.45) is 0 Å². The molecule has 3 rings (SSSR count). The van der Waals surface area contributed by atoms with E-state index >= 15 is 0 Å². The molecule has 1 fully saturated rings. The number of aryl methyl sites for hydroxylation is 1. The summed E-state index contributed by atoms with van der Waals surface area (Å²) in [4.78, 5) is 26.5. The highest BCUT2D eigenvalue weighted by atomic mass is 16.5. The van der Waals surface area contributed by atoms with Crippen molar-refractivity contribution in [2.45, 2.75) is 59.0 Å². The average Bonchev–Trinajstić information content (AvgIpc) is 3.12. The molecule has 0 aliphatic carbocycles. The number of nitrogens with zero attached hydrogens (tertiary/aromatic N) is 1. The van der Waals surface area contributed by atoms with Crippen LogP contribution in [-0.2, 0) is 11.3 Å². The minimum atomic E-state index is -0.122. The predicted molar refractivity (Wildman–Crippen MR) is 119 cm³/mol. The van der Waals surface area contributed by atoms with Gasteiger partial charge in [0.05, 0.1) is 13.2 Å². The number of carbonyl (C=O) groups excluding carboxylic acids is 2. The summed E-state index contributed by atoms with van der Waals surface area (Å²) < 4.78 is 5.53. The maximum Gasteiger partial charge on any atom is 0.251 e. The normalized spacial score (nSPS) is 14.9. The fraction of sp³-hybridized carbons (Fsp3) is 0.440. The van der Waals surface area contributed by atoms with Gasteiger partial charge in [-0.3, -0.25) is 9.59 Å². The Morgan fingerprint density at radius 1 is 1.13 bits per heavy atom. The number of carbonyl (C=O) groups is 2. The van der Waals surface area contributed by atoms with Gasteiger partial charge in [-0.05, 0) is 72.7 Å². The van der Waals surface area contributed by atoms with Crippen LogP contribution in [0.15, 0.2) is 36.4 Å². The molecule has 1 unspecified atom stereocenters. The monoisotopic (exact) mass is 408 g/mol. The first-order chi connectivity index (χ1) is 14.3. The quantitative estimate of drug-likeness (QED) is 0.720. The molecule has 2 aromatic rings. The number of amides is 2. The second kappa shape index (κ2) is 9.33. The lowest BCUT2D eigenvalue weighted by Crippen LogP contribution is -2.27. The number of likely N-dealkylation sites (tertiary alicyclic amines) is 1. The molecule has 2 amide bonds. The zero-order valence-corrected chi connectivity index (χ0v) is 18.6. The third kappa shape index (κ3) is 4.84. The summed E-state index contributed by atoms with van der Waals surface area (Å²) >= 11 is 0. The first-order valence-corrected chi connectivity index (χ1v) is 10.7. The van der Waals surface area contributed by atoms with E-state index in [-0.39, 0.29) is 17.9 Å². The van der Waals surface area contributed by atoms with Gasteiger partial charge in [0.1, 0.15) is 5.75 Å². The van der Waals surface area contributed by atoms with Crippen molar-refractivity contribution in [3.63, 3.8) is 0 Å². The zero-order valence-electron chi connectivity index (χ0n) is 18.6. The van der Waals surface area contributed by atoms with Gasteiger partial charge in [-0.1, -0.05) is 26.0 Å². The maximum atomic E-state index is 12.8. The van der Waals surface area contributed by atoms with Gasteiger partial charge in [0, 0.05) is 25.1 Å². The smallest absolute Gasteiger partial charge is 0.251 e. The first kappa shape index (κ1) is 21.9. The van der Waals surface area contributed by atoms with Gasteiger partial charge in [0.15, 0.2) is 0 Å². The van der Waals surface area contributed by atoms with Crippen molar-refractivity contribution in [1.29, 1.82) is 0 Å². The molecule has 0 bridgehead atoms. The predicted octanol–water partition coefficient (Wildman–Crippen LogP) is 4.74. The lowest BCUT2D eigenvalue weighted by Gasteiger charge is -2.21. The van der Waals surface area contributed by atoms with Crippen LogP contribution in [0.1, 0.15) is 78.2 Å².